The molecular weight excluding hydrogens is 234 g/mol. The Kier molecular flexibility index (Phi) is 5.93. The van der Waals surface area contributed by atoms with E-state index in [1.807, 2.05) is 0 Å². The predicted molar refractivity (Wildman–Crippen MR) is 68.4 cm³/mol. The van der Waals surface area contributed by atoms with Crippen molar-refractivity contribution in [2.75, 3.05) is 25.6 Å². The number of unbranched alkanes of at least 4 members (excludes halogenated alkanes) is 1. The van der Waals surface area contributed by atoms with Crippen molar-refractivity contribution >= 4 is 11.6 Å². The molecule has 100 valence electrons. The Hall–Kier alpha value is -1.82. The zero-order chi connectivity index (χ0) is 13.4. The molecule has 0 atom stereocenters. The number of rotatable bonds is 8. The number of anilines is 1. The Balaban J connectivity index is 2.38. The van der Waals surface area contributed by atoms with Crippen LogP contribution in [0.4, 0.5) is 5.69 Å². The van der Waals surface area contributed by atoms with E-state index in [0.29, 0.717) is 19.1 Å². The van der Waals surface area contributed by atoms with Crippen molar-refractivity contribution in [2.24, 2.45) is 5.73 Å². The molecule has 0 unspecified atom stereocenters. The van der Waals surface area contributed by atoms with E-state index in [4.69, 9.17) is 20.9 Å². The van der Waals surface area contributed by atoms with Gasteiger partial charge in [-0.3, -0.25) is 4.79 Å². The van der Waals surface area contributed by atoms with Crippen molar-refractivity contribution in [2.45, 2.75) is 19.8 Å². The van der Waals surface area contributed by atoms with E-state index in [-0.39, 0.29) is 11.3 Å². The molecule has 1 amide bonds. The van der Waals surface area contributed by atoms with Crippen LogP contribution in [0.5, 0.6) is 5.88 Å². The van der Waals surface area contributed by atoms with Gasteiger partial charge < -0.3 is 20.9 Å². The summed E-state index contributed by atoms with van der Waals surface area (Å²) in [7, 11) is 0. The summed E-state index contributed by atoms with van der Waals surface area (Å²) in [6.45, 7) is 3.68. The zero-order valence-corrected chi connectivity index (χ0v) is 10.5. The van der Waals surface area contributed by atoms with E-state index in [1.54, 1.807) is 0 Å². The molecule has 0 spiro atoms. The van der Waals surface area contributed by atoms with Crippen molar-refractivity contribution < 1.29 is 14.3 Å². The second-order valence-corrected chi connectivity index (χ2v) is 3.79. The normalized spacial score (nSPS) is 10.3. The van der Waals surface area contributed by atoms with Crippen LogP contribution in [0.1, 0.15) is 30.1 Å². The van der Waals surface area contributed by atoms with Gasteiger partial charge in [-0.05, 0) is 6.42 Å². The average Bonchev–Trinajstić information content (AvgIpc) is 2.35. The number of carbonyl (C=O) groups is 1. The molecule has 6 heteroatoms. The fourth-order valence-electron chi connectivity index (χ4n) is 1.29. The van der Waals surface area contributed by atoms with Crippen molar-refractivity contribution in [1.82, 2.24) is 4.98 Å². The lowest BCUT2D eigenvalue weighted by molar-refractivity contribution is 0.0961. The molecule has 0 radical (unpaired) electrons. The Bertz CT molecular complexity index is 396. The first-order valence-electron chi connectivity index (χ1n) is 5.91. The van der Waals surface area contributed by atoms with Gasteiger partial charge >= 0.3 is 0 Å². The van der Waals surface area contributed by atoms with E-state index < -0.39 is 5.91 Å². The van der Waals surface area contributed by atoms with Gasteiger partial charge in [0.2, 0.25) is 5.88 Å². The molecule has 1 aromatic heterocycles. The summed E-state index contributed by atoms with van der Waals surface area (Å²) in [5.74, 6) is -0.281. The fourth-order valence-corrected chi connectivity index (χ4v) is 1.29. The molecule has 1 rings (SSSR count). The van der Waals surface area contributed by atoms with Crippen LogP contribution in [0.3, 0.4) is 0 Å². The Morgan fingerprint density at radius 1 is 1.39 bits per heavy atom. The summed E-state index contributed by atoms with van der Waals surface area (Å²) in [5, 5.41) is 0. The number of hydrogen-bond donors (Lipinski definition) is 2. The fraction of sp³-hybridized carbons (Fsp3) is 0.500. The van der Waals surface area contributed by atoms with E-state index in [9.17, 15) is 4.79 Å². The first-order chi connectivity index (χ1) is 8.65. The molecule has 0 aromatic carbocycles. The number of nitrogen functional groups attached to an aromatic ring is 1. The second-order valence-electron chi connectivity index (χ2n) is 3.79. The minimum atomic E-state index is -0.598. The number of ether oxygens (including phenoxy) is 2. The van der Waals surface area contributed by atoms with Gasteiger partial charge in [-0.25, -0.2) is 4.98 Å². The zero-order valence-electron chi connectivity index (χ0n) is 10.5. The minimum absolute atomic E-state index is 0.215. The lowest BCUT2D eigenvalue weighted by atomic mass is 10.2. The number of nitrogens with two attached hydrogens (primary N) is 2. The molecule has 0 aliphatic heterocycles. The molecule has 0 saturated carbocycles. The second kappa shape index (κ2) is 7.50. The highest BCUT2D eigenvalue weighted by Gasteiger charge is 2.08. The van der Waals surface area contributed by atoms with Crippen LogP contribution in [0.2, 0.25) is 0 Å². The van der Waals surface area contributed by atoms with Crippen LogP contribution in [0.15, 0.2) is 12.3 Å². The van der Waals surface area contributed by atoms with Crippen LogP contribution in [0, 0.1) is 0 Å². The number of aromatic nitrogens is 1. The maximum absolute atomic E-state index is 11.1. The van der Waals surface area contributed by atoms with Gasteiger partial charge in [-0.2, -0.15) is 0 Å². The van der Waals surface area contributed by atoms with Crippen LogP contribution in [-0.4, -0.2) is 30.7 Å². The Morgan fingerprint density at radius 2 is 2.17 bits per heavy atom. The highest BCUT2D eigenvalue weighted by Crippen LogP contribution is 2.15. The summed E-state index contributed by atoms with van der Waals surface area (Å²) in [6.07, 6.45) is 3.49. The van der Waals surface area contributed by atoms with Gasteiger partial charge in [-0.1, -0.05) is 13.3 Å². The van der Waals surface area contributed by atoms with Crippen LogP contribution >= 0.6 is 0 Å². The van der Waals surface area contributed by atoms with Crippen molar-refractivity contribution in [1.29, 1.82) is 0 Å². The summed E-state index contributed by atoms with van der Waals surface area (Å²) < 4.78 is 10.7. The molecule has 6 nitrogen and oxygen atoms in total. The molecule has 0 aliphatic carbocycles. The lowest BCUT2D eigenvalue weighted by Crippen LogP contribution is -2.15. The largest absolute Gasteiger partial charge is 0.475 e. The number of hydrogen-bond acceptors (Lipinski definition) is 5. The summed E-state index contributed by atoms with van der Waals surface area (Å²) >= 11 is 0. The molecule has 1 heterocycles. The summed E-state index contributed by atoms with van der Waals surface area (Å²) in [5.41, 5.74) is 11.2. The van der Waals surface area contributed by atoms with E-state index in [1.165, 1.54) is 12.3 Å². The molecule has 18 heavy (non-hydrogen) atoms. The van der Waals surface area contributed by atoms with Gasteiger partial charge in [0.15, 0.2) is 0 Å². The quantitative estimate of drug-likeness (QED) is 0.672. The molecular formula is C12H19N3O3. The summed E-state index contributed by atoms with van der Waals surface area (Å²) in [4.78, 5) is 15.0. The maximum atomic E-state index is 11.1. The van der Waals surface area contributed by atoms with Gasteiger partial charge in [0, 0.05) is 12.7 Å². The van der Waals surface area contributed by atoms with E-state index in [0.717, 1.165) is 19.4 Å². The Labute approximate surface area is 106 Å². The molecule has 1 aromatic rings. The van der Waals surface area contributed by atoms with Gasteiger partial charge in [0.1, 0.15) is 6.61 Å². The number of amides is 1. The minimum Gasteiger partial charge on any atom is -0.475 e. The predicted octanol–water partition coefficient (Wildman–Crippen LogP) is 0.958. The SMILES string of the molecule is CCCCOCCOc1cc(C(N)=O)c(N)cn1. The summed E-state index contributed by atoms with van der Waals surface area (Å²) in [6, 6.07) is 1.43. The number of pyridine rings is 1. The van der Waals surface area contributed by atoms with Crippen molar-refractivity contribution in [3.8, 4) is 5.88 Å². The average molecular weight is 253 g/mol. The maximum Gasteiger partial charge on any atom is 0.251 e. The molecule has 0 fully saturated rings. The lowest BCUT2D eigenvalue weighted by Gasteiger charge is -2.08. The number of carbonyl (C=O) groups excluding carboxylic acids is 1. The van der Waals surface area contributed by atoms with Crippen LogP contribution in [-0.2, 0) is 4.74 Å². The Morgan fingerprint density at radius 3 is 2.83 bits per heavy atom. The van der Waals surface area contributed by atoms with Crippen LogP contribution < -0.4 is 16.2 Å². The first-order valence-corrected chi connectivity index (χ1v) is 5.91. The third-order valence-electron chi connectivity index (χ3n) is 2.29. The van der Waals surface area contributed by atoms with Crippen molar-refractivity contribution in [3.63, 3.8) is 0 Å². The third-order valence-corrected chi connectivity index (χ3v) is 2.29. The molecule has 0 aliphatic rings. The highest BCUT2D eigenvalue weighted by molar-refractivity contribution is 5.97. The van der Waals surface area contributed by atoms with Crippen molar-refractivity contribution in [3.05, 3.63) is 17.8 Å². The van der Waals surface area contributed by atoms with E-state index in [2.05, 4.69) is 11.9 Å². The smallest absolute Gasteiger partial charge is 0.251 e. The highest BCUT2D eigenvalue weighted by atomic mass is 16.5. The van der Waals surface area contributed by atoms with Gasteiger partial charge in [0.25, 0.3) is 5.91 Å². The molecule has 0 bridgehead atoms. The number of nitrogens with zero attached hydrogens (tertiary/aromatic N) is 1. The third kappa shape index (κ3) is 4.58. The standard InChI is InChI=1S/C12H19N3O3/c1-2-3-4-17-5-6-18-11-7-9(12(14)16)10(13)8-15-11/h7-8H,2-6,13H2,1H3,(H2,14,16). The van der Waals surface area contributed by atoms with Gasteiger partial charge in [-0.15, -0.1) is 0 Å². The topological polar surface area (TPSA) is 100 Å². The monoisotopic (exact) mass is 253 g/mol. The van der Waals surface area contributed by atoms with Crippen LogP contribution in [0.25, 0.3) is 0 Å². The molecule has 4 N–H and O–H groups in total. The number of primary amides is 1. The molecule has 0 saturated heterocycles. The van der Waals surface area contributed by atoms with Gasteiger partial charge in [0.05, 0.1) is 24.1 Å². The van der Waals surface area contributed by atoms with E-state index >= 15 is 0 Å². The first kappa shape index (κ1) is 14.2.